The number of carbonyl (C=O) groups is 1. The van der Waals surface area contributed by atoms with E-state index < -0.39 is 5.82 Å². The highest BCUT2D eigenvalue weighted by Crippen LogP contribution is 2.26. The summed E-state index contributed by atoms with van der Waals surface area (Å²) in [6.45, 7) is 1.41. The summed E-state index contributed by atoms with van der Waals surface area (Å²) >= 11 is 5.98. The molecule has 4 rings (SSSR count). The van der Waals surface area contributed by atoms with Gasteiger partial charge in [0.15, 0.2) is 5.82 Å². The number of nitrogens with zero attached hydrogens (tertiary/aromatic N) is 2. The number of H-pyrrole nitrogens is 1. The molecule has 1 saturated heterocycles. The standard InChI is InChI=1S/C21H20ClFN4O2/c1-29-16-5-2-13(3-6-16)19-11-20(26-25-19)27-9-8-15(12-27)24-21(28)17-7-4-14(23)10-18(17)22/h2-7,10-11,15H,8-9,12H2,1H3,(H,24,28)(H,25,26)/t15-/m0/s1. The largest absolute Gasteiger partial charge is 0.497 e. The van der Waals surface area contributed by atoms with E-state index in [1.807, 2.05) is 30.3 Å². The van der Waals surface area contributed by atoms with Crippen molar-refractivity contribution in [2.45, 2.75) is 12.5 Å². The molecule has 8 heteroatoms. The van der Waals surface area contributed by atoms with Crippen LogP contribution in [0.5, 0.6) is 5.75 Å². The number of hydrogen-bond acceptors (Lipinski definition) is 4. The van der Waals surface area contributed by atoms with E-state index in [1.165, 1.54) is 12.1 Å². The maximum absolute atomic E-state index is 13.2. The molecule has 0 saturated carbocycles. The number of benzene rings is 2. The van der Waals surface area contributed by atoms with Crippen LogP contribution in [-0.2, 0) is 0 Å². The van der Waals surface area contributed by atoms with Crippen LogP contribution in [0.25, 0.3) is 11.3 Å². The SMILES string of the molecule is COc1ccc(-c2cc(N3CC[C@H](NC(=O)c4ccc(F)cc4Cl)C3)n[nH]2)cc1. The van der Waals surface area contributed by atoms with Gasteiger partial charge in [0.25, 0.3) is 5.91 Å². The quantitative estimate of drug-likeness (QED) is 0.664. The van der Waals surface area contributed by atoms with Crippen LogP contribution >= 0.6 is 11.6 Å². The van der Waals surface area contributed by atoms with Crippen molar-refractivity contribution in [2.24, 2.45) is 0 Å². The van der Waals surface area contributed by atoms with E-state index in [1.54, 1.807) is 7.11 Å². The molecule has 1 aliphatic rings. The molecular formula is C21H20ClFN4O2. The molecule has 0 spiro atoms. The number of amides is 1. The van der Waals surface area contributed by atoms with E-state index in [0.29, 0.717) is 6.54 Å². The van der Waals surface area contributed by atoms with Gasteiger partial charge >= 0.3 is 0 Å². The van der Waals surface area contributed by atoms with E-state index in [2.05, 4.69) is 20.4 Å². The number of carbonyl (C=O) groups excluding carboxylic acids is 1. The van der Waals surface area contributed by atoms with E-state index in [0.717, 1.165) is 41.9 Å². The minimum absolute atomic E-state index is 0.0373. The summed E-state index contributed by atoms with van der Waals surface area (Å²) in [4.78, 5) is 14.6. The van der Waals surface area contributed by atoms with E-state index >= 15 is 0 Å². The van der Waals surface area contributed by atoms with Crippen LogP contribution in [0.4, 0.5) is 10.2 Å². The highest BCUT2D eigenvalue weighted by Gasteiger charge is 2.26. The number of rotatable bonds is 5. The van der Waals surface area contributed by atoms with Gasteiger partial charge in [0.1, 0.15) is 11.6 Å². The molecular weight excluding hydrogens is 395 g/mol. The van der Waals surface area contributed by atoms with E-state index in [4.69, 9.17) is 16.3 Å². The molecule has 0 radical (unpaired) electrons. The molecule has 2 aromatic carbocycles. The molecule has 150 valence electrons. The van der Waals surface area contributed by atoms with Crippen molar-refractivity contribution >= 4 is 23.3 Å². The molecule has 2 N–H and O–H groups in total. The first-order chi connectivity index (χ1) is 14.0. The molecule has 3 aromatic rings. The fourth-order valence-electron chi connectivity index (χ4n) is 3.41. The van der Waals surface area contributed by atoms with Gasteiger partial charge in [-0.1, -0.05) is 11.6 Å². The third-order valence-corrected chi connectivity index (χ3v) is 5.30. The van der Waals surface area contributed by atoms with Gasteiger partial charge < -0.3 is 15.0 Å². The molecule has 29 heavy (non-hydrogen) atoms. The second-order valence-electron chi connectivity index (χ2n) is 6.90. The molecule has 6 nitrogen and oxygen atoms in total. The Morgan fingerprint density at radius 3 is 2.79 bits per heavy atom. The zero-order valence-electron chi connectivity index (χ0n) is 15.8. The number of aromatic amines is 1. The molecule has 1 atom stereocenters. The molecule has 2 heterocycles. The summed E-state index contributed by atoms with van der Waals surface area (Å²) in [5, 5.41) is 10.5. The van der Waals surface area contributed by atoms with Crippen molar-refractivity contribution in [2.75, 3.05) is 25.1 Å². The van der Waals surface area contributed by atoms with Crippen LogP contribution in [-0.4, -0.2) is 42.3 Å². The van der Waals surface area contributed by atoms with E-state index in [9.17, 15) is 9.18 Å². The lowest BCUT2D eigenvalue weighted by Gasteiger charge is -2.16. The van der Waals surface area contributed by atoms with Crippen molar-refractivity contribution in [1.82, 2.24) is 15.5 Å². The Balaban J connectivity index is 1.39. The van der Waals surface area contributed by atoms with Crippen molar-refractivity contribution in [1.29, 1.82) is 0 Å². The second-order valence-corrected chi connectivity index (χ2v) is 7.30. The van der Waals surface area contributed by atoms with Crippen LogP contribution < -0.4 is 15.0 Å². The van der Waals surface area contributed by atoms with Crippen LogP contribution in [0, 0.1) is 5.82 Å². The Morgan fingerprint density at radius 1 is 1.28 bits per heavy atom. The third kappa shape index (κ3) is 4.19. The number of methoxy groups -OCH3 is 1. The Kier molecular flexibility index (Phi) is 5.40. The maximum Gasteiger partial charge on any atom is 0.253 e. The Morgan fingerprint density at radius 2 is 2.07 bits per heavy atom. The summed E-state index contributed by atoms with van der Waals surface area (Å²) < 4.78 is 18.4. The second kappa shape index (κ2) is 8.13. The fourth-order valence-corrected chi connectivity index (χ4v) is 3.67. The molecule has 0 bridgehead atoms. The van der Waals surface area contributed by atoms with Gasteiger partial charge in [0, 0.05) is 25.2 Å². The van der Waals surface area contributed by atoms with Gasteiger partial charge in [-0.3, -0.25) is 9.89 Å². The smallest absolute Gasteiger partial charge is 0.253 e. The monoisotopic (exact) mass is 414 g/mol. The van der Waals surface area contributed by atoms with Gasteiger partial charge in [-0.25, -0.2) is 4.39 Å². The number of halogens is 2. The first-order valence-electron chi connectivity index (χ1n) is 9.24. The van der Waals surface area contributed by atoms with E-state index in [-0.39, 0.29) is 22.5 Å². The third-order valence-electron chi connectivity index (χ3n) is 4.99. The van der Waals surface area contributed by atoms with Crippen molar-refractivity contribution in [3.63, 3.8) is 0 Å². The van der Waals surface area contributed by atoms with Crippen LogP contribution in [0.3, 0.4) is 0 Å². The van der Waals surface area contributed by atoms with Gasteiger partial charge in [-0.2, -0.15) is 5.10 Å². The first kappa shape index (κ1) is 19.3. The topological polar surface area (TPSA) is 70.2 Å². The molecule has 1 fully saturated rings. The maximum atomic E-state index is 13.2. The number of anilines is 1. The highest BCUT2D eigenvalue weighted by molar-refractivity contribution is 6.33. The lowest BCUT2D eigenvalue weighted by atomic mass is 10.1. The first-order valence-corrected chi connectivity index (χ1v) is 9.62. The van der Waals surface area contributed by atoms with Crippen molar-refractivity contribution in [3.8, 4) is 17.0 Å². The normalized spacial score (nSPS) is 16.1. The molecule has 0 unspecified atom stereocenters. The van der Waals surface area contributed by atoms with Gasteiger partial charge in [0.2, 0.25) is 0 Å². The average molecular weight is 415 g/mol. The Labute approximate surface area is 172 Å². The van der Waals surface area contributed by atoms with Crippen molar-refractivity contribution in [3.05, 3.63) is 64.9 Å². The Bertz CT molecular complexity index is 1020. The fraction of sp³-hybridized carbons (Fsp3) is 0.238. The van der Waals surface area contributed by atoms with Gasteiger partial charge in [-0.05, 0) is 54.4 Å². The summed E-state index contributed by atoms with van der Waals surface area (Å²) in [5.41, 5.74) is 2.20. The molecule has 1 aliphatic heterocycles. The number of aromatic nitrogens is 2. The number of hydrogen-bond donors (Lipinski definition) is 2. The summed E-state index contributed by atoms with van der Waals surface area (Å²) in [5.74, 6) is 0.854. The summed E-state index contributed by atoms with van der Waals surface area (Å²) in [6.07, 6.45) is 0.787. The Hall–Kier alpha value is -3.06. The molecule has 1 aromatic heterocycles. The predicted octanol–water partition coefficient (Wildman–Crippen LogP) is 3.89. The van der Waals surface area contributed by atoms with Gasteiger partial charge in [-0.15, -0.1) is 0 Å². The lowest BCUT2D eigenvalue weighted by molar-refractivity contribution is 0.0940. The zero-order chi connectivity index (χ0) is 20.4. The minimum atomic E-state index is -0.468. The number of ether oxygens (including phenoxy) is 1. The zero-order valence-corrected chi connectivity index (χ0v) is 16.5. The van der Waals surface area contributed by atoms with Crippen LogP contribution in [0.1, 0.15) is 16.8 Å². The summed E-state index contributed by atoms with van der Waals surface area (Å²) in [6, 6.07) is 13.5. The molecule has 1 amide bonds. The van der Waals surface area contributed by atoms with Crippen molar-refractivity contribution < 1.29 is 13.9 Å². The average Bonchev–Trinajstić information content (AvgIpc) is 3.37. The number of nitrogens with one attached hydrogen (secondary N) is 2. The highest BCUT2D eigenvalue weighted by atomic mass is 35.5. The van der Waals surface area contributed by atoms with Crippen LogP contribution in [0.15, 0.2) is 48.5 Å². The minimum Gasteiger partial charge on any atom is -0.497 e. The molecule has 0 aliphatic carbocycles. The van der Waals surface area contributed by atoms with Crippen LogP contribution in [0.2, 0.25) is 5.02 Å². The van der Waals surface area contributed by atoms with Gasteiger partial charge in [0.05, 0.1) is 23.4 Å². The summed E-state index contributed by atoms with van der Waals surface area (Å²) in [7, 11) is 1.63. The predicted molar refractivity (Wildman–Crippen MR) is 110 cm³/mol. The lowest BCUT2D eigenvalue weighted by Crippen LogP contribution is -2.37.